The average Bonchev–Trinajstić information content (AvgIpc) is 2.77. The first-order valence-corrected chi connectivity index (χ1v) is 4.97. The number of carboxylic acids is 1. The fourth-order valence-electron chi connectivity index (χ4n) is 1.44. The zero-order valence-corrected chi connectivity index (χ0v) is 9.41. The predicted octanol–water partition coefficient (Wildman–Crippen LogP) is 1.40. The number of ether oxygens (including phenoxy) is 1. The zero-order valence-electron chi connectivity index (χ0n) is 9.41. The highest BCUT2D eigenvalue weighted by Crippen LogP contribution is 2.25. The van der Waals surface area contributed by atoms with E-state index in [4.69, 9.17) is 9.84 Å². The van der Waals surface area contributed by atoms with Gasteiger partial charge in [-0.05, 0) is 25.5 Å². The van der Waals surface area contributed by atoms with Crippen LogP contribution in [0.1, 0.15) is 19.0 Å². The maximum absolute atomic E-state index is 10.5. The first-order valence-electron chi connectivity index (χ1n) is 4.97. The van der Waals surface area contributed by atoms with Crippen molar-refractivity contribution < 1.29 is 14.6 Å². The summed E-state index contributed by atoms with van der Waals surface area (Å²) in [4.78, 5) is 13.5. The molecule has 1 unspecified atom stereocenters. The zero-order chi connectivity index (χ0) is 12.0. The number of aliphatic carboxylic acids is 1. The van der Waals surface area contributed by atoms with E-state index in [2.05, 4.69) is 16.8 Å². The second kappa shape index (κ2) is 5.38. The molecule has 1 aromatic rings. The van der Waals surface area contributed by atoms with Crippen LogP contribution in [0.5, 0.6) is 0 Å². The minimum Gasteiger partial charge on any atom is -0.472 e. The van der Waals surface area contributed by atoms with Gasteiger partial charge in [0.15, 0.2) is 0 Å². The van der Waals surface area contributed by atoms with Gasteiger partial charge in [0.2, 0.25) is 0 Å². The molecular weight excluding hydrogens is 206 g/mol. The quantitative estimate of drug-likeness (QED) is 0.755. The monoisotopic (exact) mass is 221 g/mol. The summed E-state index contributed by atoms with van der Waals surface area (Å²) in [7, 11) is 1.61. The molecule has 0 aromatic carbocycles. The van der Waals surface area contributed by atoms with Crippen LogP contribution >= 0.6 is 0 Å². The molecule has 4 nitrogen and oxygen atoms in total. The maximum atomic E-state index is 10.5. The van der Waals surface area contributed by atoms with Gasteiger partial charge in [0, 0.05) is 31.5 Å². The molecule has 0 spiro atoms. The first kappa shape index (κ1) is 12.3. The molecule has 0 fully saturated rings. The van der Waals surface area contributed by atoms with Gasteiger partial charge in [-0.25, -0.2) is 4.79 Å². The van der Waals surface area contributed by atoms with Gasteiger partial charge in [0.25, 0.3) is 0 Å². The molecule has 0 aliphatic carbocycles. The third-order valence-corrected chi connectivity index (χ3v) is 2.44. The summed E-state index contributed by atoms with van der Waals surface area (Å²) < 4.78 is 5.01. The van der Waals surface area contributed by atoms with Crippen molar-refractivity contribution in [3.8, 4) is 11.8 Å². The van der Waals surface area contributed by atoms with Gasteiger partial charge in [-0.2, -0.15) is 0 Å². The molecule has 1 heterocycles. The molecule has 0 aliphatic heterocycles. The highest BCUT2D eigenvalue weighted by atomic mass is 16.5. The van der Waals surface area contributed by atoms with Gasteiger partial charge in [-0.1, -0.05) is 5.92 Å². The summed E-state index contributed by atoms with van der Waals surface area (Å²) in [5, 5.41) is 8.58. The van der Waals surface area contributed by atoms with Crippen LogP contribution in [0, 0.1) is 11.8 Å². The van der Waals surface area contributed by atoms with Crippen molar-refractivity contribution in [3.63, 3.8) is 0 Å². The van der Waals surface area contributed by atoms with Crippen molar-refractivity contribution in [1.29, 1.82) is 0 Å². The minimum atomic E-state index is -1.12. The van der Waals surface area contributed by atoms with E-state index in [0.29, 0.717) is 13.0 Å². The number of nitrogens with one attached hydrogen (secondary N) is 1. The SMILES string of the molecule is COCCC(C)(C#CC(=O)O)c1ccc[nH]1. The van der Waals surface area contributed by atoms with E-state index in [9.17, 15) is 4.79 Å². The van der Waals surface area contributed by atoms with Crippen molar-refractivity contribution in [1.82, 2.24) is 4.98 Å². The second-order valence-corrected chi connectivity index (χ2v) is 3.71. The molecule has 1 rings (SSSR count). The molecule has 4 heteroatoms. The molecule has 1 atom stereocenters. The number of carboxylic acid groups (broad SMARTS) is 1. The van der Waals surface area contributed by atoms with E-state index in [-0.39, 0.29) is 0 Å². The number of aromatic nitrogens is 1. The molecule has 86 valence electrons. The van der Waals surface area contributed by atoms with Crippen LogP contribution in [-0.4, -0.2) is 29.8 Å². The van der Waals surface area contributed by atoms with Crippen molar-refractivity contribution in [3.05, 3.63) is 24.0 Å². The van der Waals surface area contributed by atoms with E-state index in [1.165, 1.54) is 0 Å². The van der Waals surface area contributed by atoms with Crippen LogP contribution in [0.4, 0.5) is 0 Å². The van der Waals surface area contributed by atoms with Crippen LogP contribution in [-0.2, 0) is 14.9 Å². The lowest BCUT2D eigenvalue weighted by Crippen LogP contribution is -2.22. The number of H-pyrrole nitrogens is 1. The molecule has 0 aliphatic rings. The van der Waals surface area contributed by atoms with E-state index in [1.54, 1.807) is 13.3 Å². The normalized spacial score (nSPS) is 13.6. The van der Waals surface area contributed by atoms with Gasteiger partial charge in [0.05, 0.1) is 5.41 Å². The molecule has 0 amide bonds. The number of hydrogen-bond acceptors (Lipinski definition) is 2. The minimum absolute atomic E-state index is 0.516. The Morgan fingerprint density at radius 1 is 1.69 bits per heavy atom. The third kappa shape index (κ3) is 3.14. The Bertz CT molecular complexity index is 400. The van der Waals surface area contributed by atoms with Crippen LogP contribution in [0.2, 0.25) is 0 Å². The van der Waals surface area contributed by atoms with Gasteiger partial charge in [-0.3, -0.25) is 0 Å². The summed E-state index contributed by atoms with van der Waals surface area (Å²) in [6.45, 7) is 2.43. The fourth-order valence-corrected chi connectivity index (χ4v) is 1.44. The predicted molar refractivity (Wildman–Crippen MR) is 60.0 cm³/mol. The fraction of sp³-hybridized carbons (Fsp3) is 0.417. The van der Waals surface area contributed by atoms with Gasteiger partial charge in [0.1, 0.15) is 0 Å². The van der Waals surface area contributed by atoms with E-state index < -0.39 is 11.4 Å². The summed E-state index contributed by atoms with van der Waals surface area (Å²) in [6, 6.07) is 3.76. The number of rotatable bonds is 4. The largest absolute Gasteiger partial charge is 0.472 e. The molecule has 0 saturated carbocycles. The first-order chi connectivity index (χ1) is 7.58. The van der Waals surface area contributed by atoms with Crippen LogP contribution in [0.15, 0.2) is 18.3 Å². The Morgan fingerprint density at radius 3 is 2.94 bits per heavy atom. The van der Waals surface area contributed by atoms with Crippen molar-refractivity contribution in [2.75, 3.05) is 13.7 Å². The summed E-state index contributed by atoms with van der Waals surface area (Å²) in [5.41, 5.74) is 0.385. The van der Waals surface area contributed by atoms with Crippen LogP contribution in [0.25, 0.3) is 0 Å². The number of carbonyl (C=O) groups is 1. The summed E-state index contributed by atoms with van der Waals surface area (Å²) >= 11 is 0. The Labute approximate surface area is 94.6 Å². The van der Waals surface area contributed by atoms with Crippen LogP contribution in [0.3, 0.4) is 0 Å². The second-order valence-electron chi connectivity index (χ2n) is 3.71. The highest BCUT2D eigenvalue weighted by Gasteiger charge is 2.25. The lowest BCUT2D eigenvalue weighted by Gasteiger charge is -2.21. The van der Waals surface area contributed by atoms with E-state index in [1.807, 2.05) is 19.1 Å². The van der Waals surface area contributed by atoms with Crippen molar-refractivity contribution in [2.45, 2.75) is 18.8 Å². The highest BCUT2D eigenvalue weighted by molar-refractivity contribution is 5.86. The van der Waals surface area contributed by atoms with Gasteiger partial charge < -0.3 is 14.8 Å². The third-order valence-electron chi connectivity index (χ3n) is 2.44. The smallest absolute Gasteiger partial charge is 0.381 e. The lowest BCUT2D eigenvalue weighted by molar-refractivity contribution is -0.130. The number of aromatic amines is 1. The molecule has 0 saturated heterocycles. The summed E-state index contributed by atoms with van der Waals surface area (Å²) in [5.74, 6) is 3.83. The lowest BCUT2D eigenvalue weighted by atomic mass is 9.84. The maximum Gasteiger partial charge on any atom is 0.381 e. The molecule has 0 bridgehead atoms. The van der Waals surface area contributed by atoms with Gasteiger partial charge in [-0.15, -0.1) is 0 Å². The molecule has 1 aromatic heterocycles. The van der Waals surface area contributed by atoms with E-state index >= 15 is 0 Å². The number of methoxy groups -OCH3 is 1. The van der Waals surface area contributed by atoms with E-state index in [0.717, 1.165) is 5.69 Å². The molecular formula is C12H15NO3. The molecule has 16 heavy (non-hydrogen) atoms. The molecule has 0 radical (unpaired) electrons. The van der Waals surface area contributed by atoms with Crippen molar-refractivity contribution >= 4 is 5.97 Å². The Kier molecular flexibility index (Phi) is 4.15. The Morgan fingerprint density at radius 2 is 2.44 bits per heavy atom. The average molecular weight is 221 g/mol. The molecule has 2 N–H and O–H groups in total. The summed E-state index contributed by atoms with van der Waals surface area (Å²) in [6.07, 6.45) is 2.44. The topological polar surface area (TPSA) is 62.3 Å². The Hall–Kier alpha value is -1.73. The Balaban J connectivity index is 2.94. The van der Waals surface area contributed by atoms with Gasteiger partial charge >= 0.3 is 5.97 Å². The van der Waals surface area contributed by atoms with Crippen molar-refractivity contribution in [2.24, 2.45) is 0 Å². The number of hydrogen-bond donors (Lipinski definition) is 2. The standard InChI is InChI=1S/C12H15NO3/c1-12(7-9-16-2,6-5-11(14)15)10-4-3-8-13-10/h3-4,8,13H,7,9H2,1-2H3,(H,14,15). The van der Waals surface area contributed by atoms with Crippen LogP contribution < -0.4 is 0 Å².